The minimum Gasteiger partial charge on any atom is -0.493 e. The Labute approximate surface area is 156 Å². The van der Waals surface area contributed by atoms with Gasteiger partial charge in [-0.25, -0.2) is 0 Å². The minimum atomic E-state index is -0.841. The van der Waals surface area contributed by atoms with Crippen LogP contribution in [0.3, 0.4) is 0 Å². The number of ether oxygens (including phenoxy) is 3. The second-order valence-electron chi connectivity index (χ2n) is 5.15. The molecule has 0 aliphatic rings. The van der Waals surface area contributed by atoms with Crippen LogP contribution in [0.4, 0.5) is 0 Å². The van der Waals surface area contributed by atoms with E-state index in [0.717, 1.165) is 5.56 Å². The van der Waals surface area contributed by atoms with E-state index in [2.05, 4.69) is 0 Å². The molecule has 1 N–H and O–H groups in total. The van der Waals surface area contributed by atoms with Crippen LogP contribution in [0, 0.1) is 0 Å². The molecule has 0 atom stereocenters. The molecule has 0 saturated carbocycles. The van der Waals surface area contributed by atoms with E-state index in [1.807, 2.05) is 6.07 Å². The summed E-state index contributed by atoms with van der Waals surface area (Å²) in [6.07, 6.45) is 0.483. The molecule has 25 heavy (non-hydrogen) atoms. The maximum atomic E-state index is 10.7. The van der Waals surface area contributed by atoms with E-state index in [-0.39, 0.29) is 19.6 Å². The van der Waals surface area contributed by atoms with Gasteiger partial charge in [-0.2, -0.15) is 0 Å². The Kier molecular flexibility index (Phi) is 7.22. The maximum absolute atomic E-state index is 10.7. The lowest BCUT2D eigenvalue weighted by Crippen LogP contribution is -2.10. The van der Waals surface area contributed by atoms with E-state index in [4.69, 9.17) is 42.5 Å². The summed E-state index contributed by atoms with van der Waals surface area (Å²) in [6.45, 7) is 0.557. The highest BCUT2D eigenvalue weighted by molar-refractivity contribution is 6.35. The van der Waals surface area contributed by atoms with E-state index >= 15 is 0 Å². The molecule has 0 aliphatic carbocycles. The minimum absolute atomic E-state index is 0.0595. The Hall–Kier alpha value is -2.11. The van der Waals surface area contributed by atoms with Gasteiger partial charge in [0, 0.05) is 11.4 Å². The van der Waals surface area contributed by atoms with Gasteiger partial charge in [-0.05, 0) is 42.3 Å². The molecule has 0 heterocycles. The number of methoxy groups -OCH3 is 1. The monoisotopic (exact) mass is 384 g/mol. The van der Waals surface area contributed by atoms with Crippen molar-refractivity contribution in [1.82, 2.24) is 0 Å². The first-order valence-electron chi connectivity index (χ1n) is 7.59. The van der Waals surface area contributed by atoms with Crippen molar-refractivity contribution in [2.24, 2.45) is 0 Å². The smallest absolute Gasteiger partial charge is 0.303 e. The van der Waals surface area contributed by atoms with Crippen molar-refractivity contribution in [2.45, 2.75) is 12.8 Å². The van der Waals surface area contributed by atoms with Crippen LogP contribution >= 0.6 is 23.2 Å². The van der Waals surface area contributed by atoms with E-state index in [1.54, 1.807) is 37.4 Å². The highest BCUT2D eigenvalue weighted by Crippen LogP contribution is 2.29. The van der Waals surface area contributed by atoms with E-state index < -0.39 is 5.97 Å². The van der Waals surface area contributed by atoms with Crippen LogP contribution in [0.25, 0.3) is 0 Å². The topological polar surface area (TPSA) is 65.0 Å². The molecule has 2 aromatic carbocycles. The number of hydrogen-bond acceptors (Lipinski definition) is 4. The molecule has 0 bridgehead atoms. The summed E-state index contributed by atoms with van der Waals surface area (Å²) < 4.78 is 16.5. The number of carboxylic acids is 1. The molecule has 0 spiro atoms. The van der Waals surface area contributed by atoms with Gasteiger partial charge in [0.25, 0.3) is 0 Å². The fraction of sp³-hybridized carbons (Fsp3) is 0.278. The third kappa shape index (κ3) is 6.03. The molecule has 2 aromatic rings. The summed E-state index contributed by atoms with van der Waals surface area (Å²) >= 11 is 11.9. The molecule has 2 rings (SSSR count). The fourth-order valence-electron chi connectivity index (χ4n) is 2.14. The number of rotatable bonds is 9. The summed E-state index contributed by atoms with van der Waals surface area (Å²) in [4.78, 5) is 10.7. The zero-order chi connectivity index (χ0) is 18.2. The highest BCUT2D eigenvalue weighted by Gasteiger charge is 2.08. The molecule has 0 fully saturated rings. The molecular weight excluding hydrogens is 367 g/mol. The SMILES string of the molecule is COc1ccc(CCC(=O)O)cc1OCCOc1ccc(Cl)cc1Cl. The third-order valence-corrected chi connectivity index (χ3v) is 3.88. The standard InChI is InChI=1S/C18H18Cl2O5/c1-23-16-5-2-12(3-7-18(21)22)10-17(16)25-9-8-24-15-6-4-13(19)11-14(15)20/h2,4-6,10-11H,3,7-9H2,1H3,(H,21,22). The summed E-state index contributed by atoms with van der Waals surface area (Å²) in [5.41, 5.74) is 0.861. The highest BCUT2D eigenvalue weighted by atomic mass is 35.5. The van der Waals surface area contributed by atoms with E-state index in [1.165, 1.54) is 0 Å². The van der Waals surface area contributed by atoms with Crippen molar-refractivity contribution >= 4 is 29.2 Å². The van der Waals surface area contributed by atoms with Crippen molar-refractivity contribution in [3.8, 4) is 17.2 Å². The molecule has 134 valence electrons. The van der Waals surface area contributed by atoms with Crippen molar-refractivity contribution in [1.29, 1.82) is 0 Å². The molecule has 5 nitrogen and oxygen atoms in total. The maximum Gasteiger partial charge on any atom is 0.303 e. The van der Waals surface area contributed by atoms with Gasteiger partial charge in [0.05, 0.1) is 12.1 Å². The number of carbonyl (C=O) groups is 1. The Morgan fingerprint density at radius 1 is 1.00 bits per heavy atom. The van der Waals surface area contributed by atoms with Crippen LogP contribution in [0.2, 0.25) is 10.0 Å². The molecular formula is C18H18Cl2O5. The van der Waals surface area contributed by atoms with Crippen molar-refractivity contribution in [3.05, 3.63) is 52.0 Å². The third-order valence-electron chi connectivity index (χ3n) is 3.35. The number of halogens is 2. The zero-order valence-corrected chi connectivity index (χ0v) is 15.1. The number of aliphatic carboxylic acids is 1. The molecule has 0 aliphatic heterocycles. The summed E-state index contributed by atoms with van der Waals surface area (Å²) in [5, 5.41) is 9.74. The second kappa shape index (κ2) is 9.39. The zero-order valence-electron chi connectivity index (χ0n) is 13.6. The molecule has 0 unspecified atom stereocenters. The first-order valence-corrected chi connectivity index (χ1v) is 8.34. The van der Waals surface area contributed by atoms with Crippen LogP contribution in [0.1, 0.15) is 12.0 Å². The van der Waals surface area contributed by atoms with Gasteiger partial charge < -0.3 is 19.3 Å². The fourth-order valence-corrected chi connectivity index (χ4v) is 2.60. The number of carboxylic acid groups (broad SMARTS) is 1. The van der Waals surface area contributed by atoms with Crippen LogP contribution in [-0.4, -0.2) is 31.4 Å². The molecule has 7 heteroatoms. The number of aryl methyl sites for hydroxylation is 1. The average molecular weight is 385 g/mol. The predicted molar refractivity (Wildman–Crippen MR) is 96.4 cm³/mol. The van der Waals surface area contributed by atoms with E-state index in [9.17, 15) is 4.79 Å². The molecule has 0 aromatic heterocycles. The molecule has 0 amide bonds. The molecule has 0 saturated heterocycles. The normalized spacial score (nSPS) is 10.4. The summed E-state index contributed by atoms with van der Waals surface area (Å²) in [5.74, 6) is 0.795. The van der Waals surface area contributed by atoms with Crippen molar-refractivity contribution in [2.75, 3.05) is 20.3 Å². The van der Waals surface area contributed by atoms with Crippen LogP contribution in [0.15, 0.2) is 36.4 Å². The van der Waals surface area contributed by atoms with Crippen LogP contribution < -0.4 is 14.2 Å². The lowest BCUT2D eigenvalue weighted by molar-refractivity contribution is -0.136. The summed E-state index contributed by atoms with van der Waals surface area (Å²) in [6, 6.07) is 10.3. The van der Waals surface area contributed by atoms with Crippen molar-refractivity contribution in [3.63, 3.8) is 0 Å². The first kappa shape index (κ1) is 19.2. The Bertz CT molecular complexity index is 733. The van der Waals surface area contributed by atoms with Gasteiger partial charge in [0.2, 0.25) is 0 Å². The second-order valence-corrected chi connectivity index (χ2v) is 5.99. The lowest BCUT2D eigenvalue weighted by Gasteiger charge is -2.13. The Balaban J connectivity index is 1.92. The first-order chi connectivity index (χ1) is 12.0. The molecule has 0 radical (unpaired) electrons. The number of benzene rings is 2. The van der Waals surface area contributed by atoms with Gasteiger partial charge in [-0.1, -0.05) is 29.3 Å². The number of hydrogen-bond donors (Lipinski definition) is 1. The lowest BCUT2D eigenvalue weighted by atomic mass is 10.1. The van der Waals surface area contributed by atoms with Gasteiger partial charge in [0.15, 0.2) is 11.5 Å². The van der Waals surface area contributed by atoms with Crippen molar-refractivity contribution < 1.29 is 24.1 Å². The predicted octanol–water partition coefficient (Wildman–Crippen LogP) is 4.48. The van der Waals surface area contributed by atoms with Crippen LogP contribution in [0.5, 0.6) is 17.2 Å². The Morgan fingerprint density at radius 3 is 2.32 bits per heavy atom. The van der Waals surface area contributed by atoms with Gasteiger partial charge >= 0.3 is 5.97 Å². The van der Waals surface area contributed by atoms with Gasteiger partial charge in [-0.3, -0.25) is 4.79 Å². The largest absolute Gasteiger partial charge is 0.493 e. The van der Waals surface area contributed by atoms with Crippen LogP contribution in [-0.2, 0) is 11.2 Å². The Morgan fingerprint density at radius 2 is 1.68 bits per heavy atom. The quantitative estimate of drug-likeness (QED) is 0.645. The van der Waals surface area contributed by atoms with E-state index in [0.29, 0.717) is 33.7 Å². The van der Waals surface area contributed by atoms with Gasteiger partial charge in [0.1, 0.15) is 19.0 Å². The van der Waals surface area contributed by atoms with Gasteiger partial charge in [-0.15, -0.1) is 0 Å². The summed E-state index contributed by atoms with van der Waals surface area (Å²) in [7, 11) is 1.54. The average Bonchev–Trinajstić information content (AvgIpc) is 2.58.